The molecule has 1 saturated carbocycles. The third kappa shape index (κ3) is 4.25. The summed E-state index contributed by atoms with van der Waals surface area (Å²) in [7, 11) is 1.78. The van der Waals surface area contributed by atoms with Crippen LogP contribution in [-0.4, -0.2) is 46.6 Å². The van der Waals surface area contributed by atoms with Crippen molar-refractivity contribution in [3.63, 3.8) is 0 Å². The van der Waals surface area contributed by atoms with Gasteiger partial charge in [-0.2, -0.15) is 0 Å². The van der Waals surface area contributed by atoms with E-state index in [9.17, 15) is 20.0 Å². The molecular weight excluding hydrogens is 286 g/mol. The van der Waals surface area contributed by atoms with E-state index in [2.05, 4.69) is 5.32 Å². The van der Waals surface area contributed by atoms with E-state index in [1.807, 2.05) is 0 Å². The number of aliphatic hydroxyl groups is 1. The van der Waals surface area contributed by atoms with Crippen molar-refractivity contribution >= 4 is 17.3 Å². The summed E-state index contributed by atoms with van der Waals surface area (Å²) in [6.07, 6.45) is 1.69. The van der Waals surface area contributed by atoms with Gasteiger partial charge in [-0.15, -0.1) is 0 Å². The predicted octanol–water partition coefficient (Wildman–Crippen LogP) is 1.62. The normalized spacial score (nSPS) is 17.1. The standard InChI is InChI=1S/C15H21N3O4/c1-10(17(2)9-14(19)11-6-7-11)15(20)16-12-4-3-5-13(8-12)18(21)22/h3-5,8,10-11,14,19H,6-7,9H2,1-2H3,(H,16,20). The van der Waals surface area contributed by atoms with E-state index in [1.54, 1.807) is 24.9 Å². The number of aliphatic hydroxyl groups excluding tert-OH is 1. The topological polar surface area (TPSA) is 95.7 Å². The number of non-ortho nitro benzene ring substituents is 1. The highest BCUT2D eigenvalue weighted by atomic mass is 16.6. The molecule has 7 nitrogen and oxygen atoms in total. The quantitative estimate of drug-likeness (QED) is 0.589. The molecular formula is C15H21N3O4. The van der Waals surface area contributed by atoms with Crippen LogP contribution >= 0.6 is 0 Å². The Kier molecular flexibility index (Phi) is 5.10. The maximum Gasteiger partial charge on any atom is 0.271 e. The maximum absolute atomic E-state index is 12.2. The van der Waals surface area contributed by atoms with Gasteiger partial charge in [0.25, 0.3) is 5.69 Å². The van der Waals surface area contributed by atoms with Crippen molar-refractivity contribution in [1.29, 1.82) is 0 Å². The third-order valence-corrected chi connectivity index (χ3v) is 4.01. The van der Waals surface area contributed by atoms with Crippen LogP contribution in [0.4, 0.5) is 11.4 Å². The lowest BCUT2D eigenvalue weighted by molar-refractivity contribution is -0.384. The fourth-order valence-corrected chi connectivity index (χ4v) is 2.23. The molecule has 1 amide bonds. The molecule has 22 heavy (non-hydrogen) atoms. The molecule has 2 unspecified atom stereocenters. The highest BCUT2D eigenvalue weighted by Crippen LogP contribution is 2.32. The number of carbonyl (C=O) groups is 1. The molecule has 0 spiro atoms. The summed E-state index contributed by atoms with van der Waals surface area (Å²) < 4.78 is 0. The first-order chi connectivity index (χ1) is 10.4. The van der Waals surface area contributed by atoms with E-state index in [0.717, 1.165) is 12.8 Å². The molecule has 1 aliphatic carbocycles. The molecule has 1 aliphatic rings. The van der Waals surface area contributed by atoms with Gasteiger partial charge < -0.3 is 10.4 Å². The molecule has 1 aromatic carbocycles. The molecule has 1 fully saturated rings. The van der Waals surface area contributed by atoms with Crippen LogP contribution in [0.15, 0.2) is 24.3 Å². The van der Waals surface area contributed by atoms with Crippen LogP contribution in [0.25, 0.3) is 0 Å². The van der Waals surface area contributed by atoms with Crippen LogP contribution in [0.2, 0.25) is 0 Å². The summed E-state index contributed by atoms with van der Waals surface area (Å²) in [4.78, 5) is 24.2. The molecule has 2 rings (SSSR count). The highest BCUT2D eigenvalue weighted by molar-refractivity contribution is 5.94. The highest BCUT2D eigenvalue weighted by Gasteiger charge is 2.31. The van der Waals surface area contributed by atoms with E-state index >= 15 is 0 Å². The zero-order chi connectivity index (χ0) is 16.3. The monoisotopic (exact) mass is 307 g/mol. The summed E-state index contributed by atoms with van der Waals surface area (Å²) in [5.74, 6) is 0.0977. The second kappa shape index (κ2) is 6.85. The van der Waals surface area contributed by atoms with Gasteiger partial charge in [0.2, 0.25) is 5.91 Å². The summed E-state index contributed by atoms with van der Waals surface area (Å²) >= 11 is 0. The predicted molar refractivity (Wildman–Crippen MR) is 82.5 cm³/mol. The molecule has 0 radical (unpaired) electrons. The largest absolute Gasteiger partial charge is 0.392 e. The molecule has 7 heteroatoms. The van der Waals surface area contributed by atoms with Crippen molar-refractivity contribution in [3.05, 3.63) is 34.4 Å². The molecule has 120 valence electrons. The number of hydrogen-bond donors (Lipinski definition) is 2. The zero-order valence-electron chi connectivity index (χ0n) is 12.7. The lowest BCUT2D eigenvalue weighted by Gasteiger charge is -2.26. The van der Waals surface area contributed by atoms with Gasteiger partial charge in [0, 0.05) is 24.4 Å². The summed E-state index contributed by atoms with van der Waals surface area (Å²) in [6.45, 7) is 2.18. The number of likely N-dealkylation sites (N-methyl/N-ethyl adjacent to an activating group) is 1. The number of amides is 1. The fourth-order valence-electron chi connectivity index (χ4n) is 2.23. The second-order valence-corrected chi connectivity index (χ2v) is 5.82. The third-order valence-electron chi connectivity index (χ3n) is 4.01. The zero-order valence-corrected chi connectivity index (χ0v) is 12.7. The summed E-state index contributed by atoms with van der Waals surface area (Å²) in [5.41, 5.74) is 0.324. The average molecular weight is 307 g/mol. The van der Waals surface area contributed by atoms with E-state index in [1.165, 1.54) is 18.2 Å². The van der Waals surface area contributed by atoms with E-state index in [4.69, 9.17) is 0 Å². The Morgan fingerprint density at radius 3 is 2.82 bits per heavy atom. The minimum absolute atomic E-state index is 0.0667. The van der Waals surface area contributed by atoms with Crippen molar-refractivity contribution in [2.24, 2.45) is 5.92 Å². The Morgan fingerprint density at radius 2 is 2.23 bits per heavy atom. The van der Waals surface area contributed by atoms with Crippen molar-refractivity contribution < 1.29 is 14.8 Å². The first-order valence-corrected chi connectivity index (χ1v) is 7.32. The Hall–Kier alpha value is -1.99. The molecule has 1 aromatic rings. The number of anilines is 1. The van der Waals surface area contributed by atoms with Gasteiger partial charge in [-0.3, -0.25) is 19.8 Å². The van der Waals surface area contributed by atoms with Gasteiger partial charge in [0.15, 0.2) is 0 Å². The van der Waals surface area contributed by atoms with Crippen LogP contribution < -0.4 is 5.32 Å². The van der Waals surface area contributed by atoms with Crippen molar-refractivity contribution in [2.45, 2.75) is 31.9 Å². The number of hydrogen-bond acceptors (Lipinski definition) is 5. The van der Waals surface area contributed by atoms with E-state index in [-0.39, 0.29) is 11.6 Å². The molecule has 0 aromatic heterocycles. The Labute approximate surface area is 129 Å². The number of nitro groups is 1. The molecule has 0 bridgehead atoms. The van der Waals surface area contributed by atoms with E-state index in [0.29, 0.717) is 18.2 Å². The van der Waals surface area contributed by atoms with Crippen LogP contribution in [0.5, 0.6) is 0 Å². The fraction of sp³-hybridized carbons (Fsp3) is 0.533. The van der Waals surface area contributed by atoms with Gasteiger partial charge in [-0.25, -0.2) is 0 Å². The minimum Gasteiger partial charge on any atom is -0.392 e. The molecule has 0 saturated heterocycles. The number of nitrogens with zero attached hydrogens (tertiary/aromatic N) is 2. The van der Waals surface area contributed by atoms with Crippen molar-refractivity contribution in [3.8, 4) is 0 Å². The first-order valence-electron chi connectivity index (χ1n) is 7.32. The lowest BCUT2D eigenvalue weighted by atomic mass is 10.2. The molecule has 2 N–H and O–H groups in total. The van der Waals surface area contributed by atoms with Gasteiger partial charge >= 0.3 is 0 Å². The van der Waals surface area contributed by atoms with Crippen LogP contribution in [0.3, 0.4) is 0 Å². The smallest absolute Gasteiger partial charge is 0.271 e. The van der Waals surface area contributed by atoms with Crippen molar-refractivity contribution in [2.75, 3.05) is 18.9 Å². The Balaban J connectivity index is 1.92. The number of nitro benzene ring substituents is 1. The van der Waals surface area contributed by atoms with E-state index < -0.39 is 17.1 Å². The molecule has 0 heterocycles. The maximum atomic E-state index is 12.2. The number of carbonyl (C=O) groups excluding carboxylic acids is 1. The average Bonchev–Trinajstić information content (AvgIpc) is 3.31. The molecule has 2 atom stereocenters. The number of rotatable bonds is 7. The second-order valence-electron chi connectivity index (χ2n) is 5.82. The van der Waals surface area contributed by atoms with Gasteiger partial charge in [0.1, 0.15) is 0 Å². The summed E-state index contributed by atoms with van der Waals surface area (Å²) in [6, 6.07) is 5.39. The Bertz CT molecular complexity index is 559. The summed E-state index contributed by atoms with van der Waals surface area (Å²) in [5, 5.41) is 23.3. The van der Waals surface area contributed by atoms with Crippen LogP contribution in [-0.2, 0) is 4.79 Å². The van der Waals surface area contributed by atoms with Crippen LogP contribution in [0.1, 0.15) is 19.8 Å². The number of nitrogens with one attached hydrogen (secondary N) is 1. The van der Waals surface area contributed by atoms with Crippen molar-refractivity contribution in [1.82, 2.24) is 4.90 Å². The van der Waals surface area contributed by atoms with Crippen LogP contribution in [0, 0.1) is 16.0 Å². The Morgan fingerprint density at radius 1 is 1.55 bits per heavy atom. The minimum atomic E-state index is -0.503. The number of benzene rings is 1. The SMILES string of the molecule is CC(C(=O)Nc1cccc([N+](=O)[O-])c1)N(C)CC(O)C1CC1. The first kappa shape index (κ1) is 16.4. The van der Waals surface area contributed by atoms with Gasteiger partial charge in [0.05, 0.1) is 17.1 Å². The van der Waals surface area contributed by atoms with Gasteiger partial charge in [-0.05, 0) is 38.8 Å². The molecule has 0 aliphatic heterocycles. The lowest BCUT2D eigenvalue weighted by Crippen LogP contribution is -2.43. The van der Waals surface area contributed by atoms with Gasteiger partial charge in [-0.1, -0.05) is 6.07 Å².